The molecular formula is C11H15N3O2S2. The van der Waals surface area contributed by atoms with Crippen molar-refractivity contribution in [3.63, 3.8) is 0 Å². The van der Waals surface area contributed by atoms with Crippen molar-refractivity contribution in [3.8, 4) is 0 Å². The van der Waals surface area contributed by atoms with E-state index in [0.717, 1.165) is 5.56 Å². The van der Waals surface area contributed by atoms with Crippen LogP contribution in [-0.2, 0) is 9.84 Å². The molecule has 0 saturated carbocycles. The third-order valence-corrected chi connectivity index (χ3v) is 4.02. The maximum absolute atomic E-state index is 12.0. The lowest BCUT2D eigenvalue weighted by Crippen LogP contribution is -2.26. The molecule has 0 bridgehead atoms. The first-order chi connectivity index (χ1) is 8.31. The Morgan fingerprint density at radius 2 is 1.94 bits per heavy atom. The summed E-state index contributed by atoms with van der Waals surface area (Å²) in [6.45, 7) is 3.49. The summed E-state index contributed by atoms with van der Waals surface area (Å²) < 4.78 is 24.1. The maximum Gasteiger partial charge on any atom is 0.184 e. The van der Waals surface area contributed by atoms with Crippen molar-refractivity contribution in [1.82, 2.24) is 5.43 Å². The molecule has 0 unspecified atom stereocenters. The van der Waals surface area contributed by atoms with Gasteiger partial charge in [-0.2, -0.15) is 5.10 Å². The molecule has 98 valence electrons. The van der Waals surface area contributed by atoms with Gasteiger partial charge in [-0.3, -0.25) is 5.43 Å². The van der Waals surface area contributed by atoms with E-state index >= 15 is 0 Å². The first kappa shape index (κ1) is 14.6. The van der Waals surface area contributed by atoms with Crippen molar-refractivity contribution in [2.45, 2.75) is 18.7 Å². The molecule has 0 radical (unpaired) electrons. The average Bonchev–Trinajstić information content (AvgIpc) is 2.26. The van der Waals surface area contributed by atoms with Gasteiger partial charge in [-0.1, -0.05) is 17.7 Å². The lowest BCUT2D eigenvalue weighted by Gasteiger charge is -2.05. The highest BCUT2D eigenvalue weighted by atomic mass is 32.2. The predicted molar refractivity (Wildman–Crippen MR) is 76.3 cm³/mol. The zero-order chi connectivity index (χ0) is 13.8. The zero-order valence-electron chi connectivity index (χ0n) is 10.2. The number of aryl methyl sites for hydroxylation is 1. The molecule has 0 saturated heterocycles. The molecule has 7 heteroatoms. The molecule has 0 aliphatic rings. The monoisotopic (exact) mass is 285 g/mol. The molecular weight excluding hydrogens is 270 g/mol. The fraction of sp³-hybridized carbons (Fsp3) is 0.273. The second-order valence-electron chi connectivity index (χ2n) is 3.90. The molecule has 0 fully saturated rings. The van der Waals surface area contributed by atoms with Crippen molar-refractivity contribution in [1.29, 1.82) is 0 Å². The van der Waals surface area contributed by atoms with Gasteiger partial charge in [-0.05, 0) is 38.2 Å². The number of nitrogens with one attached hydrogen (secondary N) is 1. The molecule has 1 aromatic rings. The quantitative estimate of drug-likeness (QED) is 0.489. The zero-order valence-corrected chi connectivity index (χ0v) is 11.8. The SMILES string of the molecule is CC(CS(=O)(=O)c1ccc(C)cc1)=NNC(N)=S. The maximum atomic E-state index is 12.0. The number of sulfone groups is 1. The molecule has 1 aromatic carbocycles. The van der Waals surface area contributed by atoms with E-state index in [9.17, 15) is 8.42 Å². The van der Waals surface area contributed by atoms with E-state index < -0.39 is 9.84 Å². The van der Waals surface area contributed by atoms with Crippen LogP contribution in [0.4, 0.5) is 0 Å². The number of rotatable bonds is 4. The predicted octanol–water partition coefficient (Wildman–Crippen LogP) is 0.978. The number of nitrogens with zero attached hydrogens (tertiary/aromatic N) is 1. The summed E-state index contributed by atoms with van der Waals surface area (Å²) in [6.07, 6.45) is 0. The molecule has 0 aromatic heterocycles. The van der Waals surface area contributed by atoms with Crippen LogP contribution in [0, 0.1) is 6.92 Å². The largest absolute Gasteiger partial charge is 0.375 e. The van der Waals surface area contributed by atoms with Crippen LogP contribution in [0.5, 0.6) is 0 Å². The molecule has 0 amide bonds. The average molecular weight is 285 g/mol. The van der Waals surface area contributed by atoms with E-state index in [-0.39, 0.29) is 15.8 Å². The summed E-state index contributed by atoms with van der Waals surface area (Å²) in [4.78, 5) is 0.276. The van der Waals surface area contributed by atoms with Gasteiger partial charge in [-0.15, -0.1) is 0 Å². The molecule has 1 rings (SSSR count). The fourth-order valence-corrected chi connectivity index (χ4v) is 2.66. The minimum Gasteiger partial charge on any atom is -0.375 e. The van der Waals surface area contributed by atoms with E-state index in [2.05, 4.69) is 22.7 Å². The van der Waals surface area contributed by atoms with E-state index in [1.807, 2.05) is 6.92 Å². The van der Waals surface area contributed by atoms with Crippen LogP contribution in [0.15, 0.2) is 34.3 Å². The normalized spacial score (nSPS) is 12.2. The Morgan fingerprint density at radius 3 is 2.44 bits per heavy atom. The van der Waals surface area contributed by atoms with Crippen LogP contribution < -0.4 is 11.2 Å². The number of benzene rings is 1. The van der Waals surface area contributed by atoms with Gasteiger partial charge >= 0.3 is 0 Å². The Hall–Kier alpha value is -1.47. The van der Waals surface area contributed by atoms with E-state index in [0.29, 0.717) is 5.71 Å². The second kappa shape index (κ2) is 5.92. The van der Waals surface area contributed by atoms with Gasteiger partial charge < -0.3 is 5.73 Å². The number of hydrazone groups is 1. The Balaban J connectivity index is 2.85. The third-order valence-electron chi connectivity index (χ3n) is 2.14. The molecule has 18 heavy (non-hydrogen) atoms. The molecule has 5 nitrogen and oxygen atoms in total. The van der Waals surface area contributed by atoms with Gasteiger partial charge in [0.15, 0.2) is 14.9 Å². The van der Waals surface area contributed by atoms with Gasteiger partial charge in [0.1, 0.15) is 0 Å². The third kappa shape index (κ3) is 4.42. The van der Waals surface area contributed by atoms with Gasteiger partial charge in [0.05, 0.1) is 16.4 Å². The fourth-order valence-electron chi connectivity index (χ4n) is 1.29. The van der Waals surface area contributed by atoms with E-state index in [1.165, 1.54) is 0 Å². The molecule has 3 N–H and O–H groups in total. The Labute approximate surface area is 112 Å². The van der Waals surface area contributed by atoms with Crippen molar-refractivity contribution in [2.24, 2.45) is 10.8 Å². The first-order valence-corrected chi connectivity index (χ1v) is 7.25. The van der Waals surface area contributed by atoms with Crippen molar-refractivity contribution < 1.29 is 8.42 Å². The Bertz CT molecular complexity index is 562. The van der Waals surface area contributed by atoms with Gasteiger partial charge in [0, 0.05) is 0 Å². The first-order valence-electron chi connectivity index (χ1n) is 5.19. The second-order valence-corrected chi connectivity index (χ2v) is 6.32. The molecule has 0 heterocycles. The highest BCUT2D eigenvalue weighted by Gasteiger charge is 2.15. The van der Waals surface area contributed by atoms with Crippen molar-refractivity contribution >= 4 is 32.9 Å². The molecule has 0 spiro atoms. The Morgan fingerprint density at radius 1 is 1.39 bits per heavy atom. The molecule has 0 atom stereocenters. The summed E-state index contributed by atoms with van der Waals surface area (Å²) in [5.41, 5.74) is 8.96. The van der Waals surface area contributed by atoms with Crippen LogP contribution in [0.2, 0.25) is 0 Å². The summed E-state index contributed by atoms with van der Waals surface area (Å²) in [7, 11) is -3.38. The standard InChI is InChI=1S/C11H15N3O2S2/c1-8-3-5-10(6-4-8)18(15,16)7-9(2)13-14-11(12)17/h3-6H,7H2,1-2H3,(H3,12,14,17). The highest BCUT2D eigenvalue weighted by molar-refractivity contribution is 7.92. The lowest BCUT2D eigenvalue weighted by molar-refractivity contribution is 0.599. The summed E-state index contributed by atoms with van der Waals surface area (Å²) in [5.74, 6) is -0.175. The van der Waals surface area contributed by atoms with Gasteiger partial charge in [0.25, 0.3) is 0 Å². The van der Waals surface area contributed by atoms with Crippen molar-refractivity contribution in [3.05, 3.63) is 29.8 Å². The van der Waals surface area contributed by atoms with Crippen LogP contribution in [0.25, 0.3) is 0 Å². The molecule has 0 aliphatic heterocycles. The van der Waals surface area contributed by atoms with Gasteiger partial charge in [0.2, 0.25) is 0 Å². The highest BCUT2D eigenvalue weighted by Crippen LogP contribution is 2.12. The number of hydrogen-bond donors (Lipinski definition) is 2. The van der Waals surface area contributed by atoms with E-state index in [4.69, 9.17) is 5.73 Å². The van der Waals surface area contributed by atoms with Crippen LogP contribution in [-0.4, -0.2) is 25.0 Å². The van der Waals surface area contributed by atoms with Crippen LogP contribution in [0.3, 0.4) is 0 Å². The summed E-state index contributed by atoms with van der Waals surface area (Å²) >= 11 is 4.57. The number of thiocarbonyl (C=S) groups is 1. The number of nitrogens with two attached hydrogens (primary N) is 1. The summed E-state index contributed by atoms with van der Waals surface area (Å²) in [6, 6.07) is 6.68. The van der Waals surface area contributed by atoms with Gasteiger partial charge in [-0.25, -0.2) is 8.42 Å². The minimum absolute atomic E-state index is 0.00193. The minimum atomic E-state index is -3.38. The smallest absolute Gasteiger partial charge is 0.184 e. The Kier molecular flexibility index (Phi) is 4.80. The van der Waals surface area contributed by atoms with E-state index in [1.54, 1.807) is 31.2 Å². The number of hydrogen-bond acceptors (Lipinski definition) is 4. The topological polar surface area (TPSA) is 84.5 Å². The lowest BCUT2D eigenvalue weighted by atomic mass is 10.2. The van der Waals surface area contributed by atoms with Crippen molar-refractivity contribution in [2.75, 3.05) is 5.75 Å². The van der Waals surface area contributed by atoms with Crippen LogP contribution >= 0.6 is 12.2 Å². The van der Waals surface area contributed by atoms with Crippen LogP contribution in [0.1, 0.15) is 12.5 Å². The molecule has 0 aliphatic carbocycles. The summed E-state index contributed by atoms with van der Waals surface area (Å²) in [5, 5.41) is 3.78.